The Hall–Kier alpha value is -2.06. The molecule has 2 rings (SSSR count). The van der Waals surface area contributed by atoms with Gasteiger partial charge in [-0.05, 0) is 39.7 Å². The van der Waals surface area contributed by atoms with Gasteiger partial charge in [-0.25, -0.2) is 4.98 Å². The van der Waals surface area contributed by atoms with Gasteiger partial charge in [-0.3, -0.25) is 0 Å². The van der Waals surface area contributed by atoms with Gasteiger partial charge >= 0.3 is 0 Å². The molecule has 0 aliphatic rings. The maximum Gasteiger partial charge on any atom is 0.144 e. The number of aromatic nitrogens is 1. The Morgan fingerprint density at radius 1 is 1.37 bits per heavy atom. The van der Waals surface area contributed by atoms with Gasteiger partial charge in [0.05, 0.1) is 12.7 Å². The Labute approximate surface area is 120 Å². The molecule has 1 N–H and O–H groups in total. The van der Waals surface area contributed by atoms with E-state index in [0.29, 0.717) is 17.9 Å². The highest BCUT2D eigenvalue weighted by Crippen LogP contribution is 2.18. The zero-order valence-corrected chi connectivity index (χ0v) is 11.9. The Kier molecular flexibility index (Phi) is 4.37. The Morgan fingerprint density at radius 2 is 2.11 bits per heavy atom. The van der Waals surface area contributed by atoms with Crippen molar-refractivity contribution in [3.05, 3.63) is 52.1 Å². The number of benzene rings is 1. The van der Waals surface area contributed by atoms with E-state index < -0.39 is 0 Å². The van der Waals surface area contributed by atoms with Crippen LogP contribution in [0.25, 0.3) is 0 Å². The highest BCUT2D eigenvalue weighted by Gasteiger charge is 2.04. The van der Waals surface area contributed by atoms with Crippen molar-refractivity contribution in [3.63, 3.8) is 0 Å². The molecule has 96 valence electrons. The van der Waals surface area contributed by atoms with Gasteiger partial charge in [0, 0.05) is 17.2 Å². The summed E-state index contributed by atoms with van der Waals surface area (Å²) in [7, 11) is 1.64. The number of anilines is 1. The van der Waals surface area contributed by atoms with Crippen molar-refractivity contribution >= 4 is 21.7 Å². The van der Waals surface area contributed by atoms with Crippen LogP contribution in [0.1, 0.15) is 11.1 Å². The van der Waals surface area contributed by atoms with E-state index in [2.05, 4.69) is 32.3 Å². The summed E-state index contributed by atoms with van der Waals surface area (Å²) in [4.78, 5) is 4.19. The topological polar surface area (TPSA) is 57.9 Å². The summed E-state index contributed by atoms with van der Waals surface area (Å²) in [5, 5.41) is 12.2. The van der Waals surface area contributed by atoms with Crippen molar-refractivity contribution in [1.29, 1.82) is 5.26 Å². The number of ether oxygens (including phenoxy) is 1. The lowest BCUT2D eigenvalue weighted by molar-refractivity contribution is 0.414. The highest BCUT2D eigenvalue weighted by molar-refractivity contribution is 9.10. The van der Waals surface area contributed by atoms with Crippen molar-refractivity contribution in [2.75, 3.05) is 12.4 Å². The number of pyridine rings is 1. The number of rotatable bonds is 4. The number of nitrogens with one attached hydrogen (secondary N) is 1. The minimum atomic E-state index is 0.517. The standard InChI is InChI=1S/C14H12BrN3O/c1-19-13-4-2-10(3-5-13)8-17-14-11(7-16)6-12(15)9-18-14/h2-6,9H,8H2,1H3,(H,17,18). The molecule has 1 aromatic carbocycles. The Bertz CT molecular complexity index is 605. The summed E-state index contributed by atoms with van der Waals surface area (Å²) < 4.78 is 5.89. The normalized spacial score (nSPS) is 9.74. The molecule has 2 aromatic rings. The number of halogens is 1. The lowest BCUT2D eigenvalue weighted by Gasteiger charge is -2.08. The molecular formula is C14H12BrN3O. The first-order valence-corrected chi connectivity index (χ1v) is 6.44. The van der Waals surface area contributed by atoms with Gasteiger partial charge < -0.3 is 10.1 Å². The van der Waals surface area contributed by atoms with Gasteiger partial charge in [0.15, 0.2) is 0 Å². The molecule has 0 saturated heterocycles. The average Bonchev–Trinajstić information content (AvgIpc) is 2.46. The summed E-state index contributed by atoms with van der Waals surface area (Å²) in [6.07, 6.45) is 1.66. The van der Waals surface area contributed by atoms with E-state index in [1.807, 2.05) is 24.3 Å². The van der Waals surface area contributed by atoms with E-state index in [1.54, 1.807) is 19.4 Å². The molecule has 0 fully saturated rings. The number of hydrogen-bond donors (Lipinski definition) is 1. The maximum atomic E-state index is 9.04. The minimum Gasteiger partial charge on any atom is -0.497 e. The molecule has 0 unspecified atom stereocenters. The van der Waals surface area contributed by atoms with Crippen molar-refractivity contribution in [3.8, 4) is 11.8 Å². The van der Waals surface area contributed by atoms with Crippen LogP contribution in [-0.4, -0.2) is 12.1 Å². The summed E-state index contributed by atoms with van der Waals surface area (Å²) in [6, 6.07) is 11.6. The van der Waals surface area contributed by atoms with Crippen LogP contribution >= 0.6 is 15.9 Å². The van der Waals surface area contributed by atoms with E-state index in [-0.39, 0.29) is 0 Å². The number of methoxy groups -OCH3 is 1. The molecule has 0 atom stereocenters. The van der Waals surface area contributed by atoms with Gasteiger partial charge in [0.2, 0.25) is 0 Å². The molecule has 0 aliphatic heterocycles. The second-order valence-corrected chi connectivity index (χ2v) is 4.78. The lowest BCUT2D eigenvalue weighted by atomic mass is 10.2. The van der Waals surface area contributed by atoms with Crippen molar-refractivity contribution in [1.82, 2.24) is 4.98 Å². The van der Waals surface area contributed by atoms with Crippen LogP contribution < -0.4 is 10.1 Å². The molecule has 0 saturated carbocycles. The zero-order valence-electron chi connectivity index (χ0n) is 10.4. The molecule has 0 radical (unpaired) electrons. The summed E-state index contributed by atoms with van der Waals surface area (Å²) in [6.45, 7) is 0.604. The third-order valence-corrected chi connectivity index (χ3v) is 3.03. The summed E-state index contributed by atoms with van der Waals surface area (Å²) in [5.41, 5.74) is 1.61. The fourth-order valence-electron chi connectivity index (χ4n) is 1.59. The van der Waals surface area contributed by atoms with Crippen LogP contribution in [0, 0.1) is 11.3 Å². The van der Waals surface area contributed by atoms with Gasteiger partial charge in [-0.2, -0.15) is 5.26 Å². The smallest absolute Gasteiger partial charge is 0.144 e. The van der Waals surface area contributed by atoms with Crippen LogP contribution in [0.3, 0.4) is 0 Å². The zero-order chi connectivity index (χ0) is 13.7. The largest absolute Gasteiger partial charge is 0.497 e. The fourth-order valence-corrected chi connectivity index (χ4v) is 1.93. The highest BCUT2D eigenvalue weighted by atomic mass is 79.9. The molecule has 4 nitrogen and oxygen atoms in total. The second-order valence-electron chi connectivity index (χ2n) is 3.86. The van der Waals surface area contributed by atoms with Crippen LogP contribution in [0.2, 0.25) is 0 Å². The van der Waals surface area contributed by atoms with Gasteiger partial charge in [-0.1, -0.05) is 12.1 Å². The minimum absolute atomic E-state index is 0.517. The van der Waals surface area contributed by atoms with Crippen molar-refractivity contribution < 1.29 is 4.74 Å². The first-order valence-electron chi connectivity index (χ1n) is 5.65. The predicted octanol–water partition coefficient (Wildman–Crippen LogP) is 3.34. The van der Waals surface area contributed by atoms with Crippen molar-refractivity contribution in [2.24, 2.45) is 0 Å². The first kappa shape index (κ1) is 13.4. The molecule has 19 heavy (non-hydrogen) atoms. The van der Waals surface area contributed by atoms with Gasteiger partial charge in [0.25, 0.3) is 0 Å². The summed E-state index contributed by atoms with van der Waals surface area (Å²) >= 11 is 3.29. The van der Waals surface area contributed by atoms with E-state index in [9.17, 15) is 0 Å². The Morgan fingerprint density at radius 3 is 2.74 bits per heavy atom. The quantitative estimate of drug-likeness (QED) is 0.939. The van der Waals surface area contributed by atoms with E-state index in [4.69, 9.17) is 10.00 Å². The van der Waals surface area contributed by atoms with Crippen molar-refractivity contribution in [2.45, 2.75) is 6.54 Å². The van der Waals surface area contributed by atoms with Gasteiger partial charge in [-0.15, -0.1) is 0 Å². The van der Waals surface area contributed by atoms with E-state index in [0.717, 1.165) is 15.8 Å². The van der Waals surface area contributed by atoms with Gasteiger partial charge in [0.1, 0.15) is 17.6 Å². The lowest BCUT2D eigenvalue weighted by Crippen LogP contribution is -2.03. The fraction of sp³-hybridized carbons (Fsp3) is 0.143. The molecule has 1 aromatic heterocycles. The third-order valence-electron chi connectivity index (χ3n) is 2.59. The maximum absolute atomic E-state index is 9.04. The molecule has 0 aliphatic carbocycles. The van der Waals surface area contributed by atoms with Crippen LogP contribution in [0.15, 0.2) is 41.0 Å². The van der Waals surface area contributed by atoms with Crippen LogP contribution in [-0.2, 0) is 6.54 Å². The molecule has 0 amide bonds. The molecule has 0 spiro atoms. The van der Waals surface area contributed by atoms with Crippen LogP contribution in [0.5, 0.6) is 5.75 Å². The number of nitrogens with zero attached hydrogens (tertiary/aromatic N) is 2. The predicted molar refractivity (Wildman–Crippen MR) is 77.0 cm³/mol. The molecule has 0 bridgehead atoms. The first-order chi connectivity index (χ1) is 9.22. The third kappa shape index (κ3) is 3.46. The summed E-state index contributed by atoms with van der Waals surface area (Å²) in [5.74, 6) is 1.41. The Balaban J connectivity index is 2.08. The average molecular weight is 318 g/mol. The number of nitriles is 1. The molecular weight excluding hydrogens is 306 g/mol. The van der Waals surface area contributed by atoms with E-state index in [1.165, 1.54) is 0 Å². The second kappa shape index (κ2) is 6.21. The molecule has 5 heteroatoms. The van der Waals surface area contributed by atoms with E-state index >= 15 is 0 Å². The van der Waals surface area contributed by atoms with Crippen LogP contribution in [0.4, 0.5) is 5.82 Å². The number of hydrogen-bond acceptors (Lipinski definition) is 4. The molecule has 1 heterocycles. The monoisotopic (exact) mass is 317 g/mol. The SMILES string of the molecule is COc1ccc(CNc2ncc(Br)cc2C#N)cc1.